The van der Waals surface area contributed by atoms with Gasteiger partial charge in [0.25, 0.3) is 0 Å². The normalized spacial score (nSPS) is 11.1. The Kier molecular flexibility index (Phi) is 2.72. The minimum Gasteiger partial charge on any atom is -0.436 e. The minimum absolute atomic E-state index is 0.587. The van der Waals surface area contributed by atoms with Crippen molar-refractivity contribution in [1.82, 2.24) is 4.98 Å². The van der Waals surface area contributed by atoms with Gasteiger partial charge in [-0.3, -0.25) is 0 Å². The van der Waals surface area contributed by atoms with Crippen molar-refractivity contribution < 1.29 is 4.42 Å². The van der Waals surface area contributed by atoms with Crippen molar-refractivity contribution in [3.05, 3.63) is 46.5 Å². The number of aryl methyl sites for hydroxylation is 2. The summed E-state index contributed by atoms with van der Waals surface area (Å²) in [6.45, 7) is 3.92. The van der Waals surface area contributed by atoms with Gasteiger partial charge in [0.15, 0.2) is 5.58 Å². The van der Waals surface area contributed by atoms with E-state index in [-0.39, 0.29) is 0 Å². The van der Waals surface area contributed by atoms with Crippen LogP contribution in [0.3, 0.4) is 0 Å². The molecule has 4 heteroatoms. The molecule has 0 aliphatic carbocycles. The molecule has 0 spiro atoms. The third-order valence-electron chi connectivity index (χ3n) is 3.24. The van der Waals surface area contributed by atoms with Gasteiger partial charge in [-0.05, 0) is 49.7 Å². The molecule has 0 unspecified atom stereocenters. The van der Waals surface area contributed by atoms with Crippen molar-refractivity contribution in [3.63, 3.8) is 0 Å². The third-order valence-corrected chi connectivity index (χ3v) is 3.49. The number of rotatable bonds is 1. The fraction of sp³-hybridized carbons (Fsp3) is 0.133. The molecule has 96 valence electrons. The molecule has 0 atom stereocenters. The smallest absolute Gasteiger partial charge is 0.227 e. The van der Waals surface area contributed by atoms with Crippen LogP contribution in [-0.4, -0.2) is 4.98 Å². The molecular weight excluding hydrogens is 260 g/mol. The highest BCUT2D eigenvalue weighted by atomic mass is 35.5. The quantitative estimate of drug-likeness (QED) is 0.670. The van der Waals surface area contributed by atoms with Gasteiger partial charge in [-0.2, -0.15) is 0 Å². The molecule has 0 radical (unpaired) electrons. The molecule has 0 fully saturated rings. The average molecular weight is 273 g/mol. The van der Waals surface area contributed by atoms with Crippen LogP contribution in [0, 0.1) is 13.8 Å². The summed E-state index contributed by atoms with van der Waals surface area (Å²) in [5.41, 5.74) is 11.1. The van der Waals surface area contributed by atoms with Crippen LogP contribution in [0.2, 0.25) is 5.02 Å². The van der Waals surface area contributed by atoms with Gasteiger partial charge in [0, 0.05) is 21.8 Å². The molecule has 19 heavy (non-hydrogen) atoms. The van der Waals surface area contributed by atoms with Gasteiger partial charge in [0.2, 0.25) is 5.89 Å². The SMILES string of the molecule is Cc1c(N)cc(C)c2oc(-c3ccc(Cl)cc3)nc12. The lowest BCUT2D eigenvalue weighted by Gasteiger charge is -2.01. The molecule has 2 N–H and O–H groups in total. The summed E-state index contributed by atoms with van der Waals surface area (Å²) < 4.78 is 5.85. The number of nitrogens with two attached hydrogens (primary N) is 1. The van der Waals surface area contributed by atoms with E-state index in [1.165, 1.54) is 0 Å². The number of halogens is 1. The molecule has 3 aromatic rings. The number of nitrogens with zero attached hydrogens (tertiary/aromatic N) is 1. The highest BCUT2D eigenvalue weighted by molar-refractivity contribution is 6.30. The van der Waals surface area contributed by atoms with E-state index in [0.29, 0.717) is 10.9 Å². The number of oxazole rings is 1. The van der Waals surface area contributed by atoms with E-state index in [9.17, 15) is 0 Å². The first kappa shape index (κ1) is 12.1. The van der Waals surface area contributed by atoms with Crippen LogP contribution >= 0.6 is 11.6 Å². The molecule has 0 saturated heterocycles. The highest BCUT2D eigenvalue weighted by Crippen LogP contribution is 2.31. The van der Waals surface area contributed by atoms with Gasteiger partial charge < -0.3 is 10.2 Å². The summed E-state index contributed by atoms with van der Waals surface area (Å²) in [4.78, 5) is 4.54. The van der Waals surface area contributed by atoms with Gasteiger partial charge in [-0.1, -0.05) is 11.6 Å². The van der Waals surface area contributed by atoms with Crippen molar-refractivity contribution in [1.29, 1.82) is 0 Å². The van der Waals surface area contributed by atoms with E-state index in [1.807, 2.05) is 44.2 Å². The second-order valence-electron chi connectivity index (χ2n) is 4.61. The summed E-state index contributed by atoms with van der Waals surface area (Å²) in [6, 6.07) is 9.33. The van der Waals surface area contributed by atoms with Crippen LogP contribution in [0.15, 0.2) is 34.7 Å². The number of anilines is 1. The Labute approximate surface area is 116 Å². The van der Waals surface area contributed by atoms with Gasteiger partial charge in [0.1, 0.15) is 5.52 Å². The molecule has 0 aliphatic heterocycles. The molecule has 0 aliphatic rings. The lowest BCUT2D eigenvalue weighted by Crippen LogP contribution is -1.91. The van der Waals surface area contributed by atoms with E-state index in [1.54, 1.807) is 0 Å². The van der Waals surface area contributed by atoms with Crippen molar-refractivity contribution in [2.75, 3.05) is 5.73 Å². The standard InChI is InChI=1S/C15H13ClN2O/c1-8-7-12(17)9(2)13-14(8)19-15(18-13)10-3-5-11(16)6-4-10/h3-7H,17H2,1-2H3. The maximum atomic E-state index is 5.96. The summed E-state index contributed by atoms with van der Waals surface area (Å²) >= 11 is 5.88. The largest absolute Gasteiger partial charge is 0.436 e. The summed E-state index contributed by atoms with van der Waals surface area (Å²) in [5, 5.41) is 0.691. The number of nitrogen functional groups attached to an aromatic ring is 1. The molecule has 1 aromatic heterocycles. The fourth-order valence-corrected chi connectivity index (χ4v) is 2.23. The molecule has 0 amide bonds. The Hall–Kier alpha value is -2.00. The first-order valence-electron chi connectivity index (χ1n) is 5.98. The maximum absolute atomic E-state index is 5.96. The first-order chi connectivity index (χ1) is 9.06. The summed E-state index contributed by atoms with van der Waals surface area (Å²) in [7, 11) is 0. The molecule has 3 rings (SSSR count). The van der Waals surface area contributed by atoms with E-state index >= 15 is 0 Å². The Morgan fingerprint density at radius 1 is 1.16 bits per heavy atom. The zero-order chi connectivity index (χ0) is 13.6. The Balaban J connectivity index is 2.24. The Morgan fingerprint density at radius 2 is 1.84 bits per heavy atom. The second kappa shape index (κ2) is 4.28. The van der Waals surface area contributed by atoms with Crippen molar-refractivity contribution in [2.45, 2.75) is 13.8 Å². The molecule has 0 saturated carbocycles. The van der Waals surface area contributed by atoms with E-state index < -0.39 is 0 Å². The number of hydrogen-bond donors (Lipinski definition) is 1. The van der Waals surface area contributed by atoms with Gasteiger partial charge in [0.05, 0.1) is 0 Å². The highest BCUT2D eigenvalue weighted by Gasteiger charge is 2.13. The monoisotopic (exact) mass is 272 g/mol. The predicted octanol–water partition coefficient (Wildman–Crippen LogP) is 4.35. The van der Waals surface area contributed by atoms with Crippen LogP contribution in [-0.2, 0) is 0 Å². The molecule has 2 aromatic carbocycles. The van der Waals surface area contributed by atoms with Gasteiger partial charge in [-0.25, -0.2) is 4.98 Å². The lowest BCUT2D eigenvalue weighted by atomic mass is 10.1. The minimum atomic E-state index is 0.587. The zero-order valence-electron chi connectivity index (χ0n) is 10.7. The third kappa shape index (κ3) is 1.96. The number of hydrogen-bond acceptors (Lipinski definition) is 3. The molecule has 3 nitrogen and oxygen atoms in total. The van der Waals surface area contributed by atoms with Crippen LogP contribution in [0.4, 0.5) is 5.69 Å². The molecular formula is C15H13ClN2O. The van der Waals surface area contributed by atoms with Crippen LogP contribution in [0.25, 0.3) is 22.6 Å². The van der Waals surface area contributed by atoms with E-state index in [4.69, 9.17) is 21.8 Å². The summed E-state index contributed by atoms with van der Waals surface area (Å²) in [6.07, 6.45) is 0. The Morgan fingerprint density at radius 3 is 2.53 bits per heavy atom. The molecule has 1 heterocycles. The average Bonchev–Trinajstić information content (AvgIpc) is 2.83. The second-order valence-corrected chi connectivity index (χ2v) is 5.05. The molecule has 0 bridgehead atoms. The van der Waals surface area contributed by atoms with E-state index in [0.717, 1.165) is 33.5 Å². The van der Waals surface area contributed by atoms with Gasteiger partial charge >= 0.3 is 0 Å². The Bertz CT molecular complexity index is 760. The predicted molar refractivity (Wildman–Crippen MR) is 78.3 cm³/mol. The van der Waals surface area contributed by atoms with Crippen molar-refractivity contribution in [3.8, 4) is 11.5 Å². The fourth-order valence-electron chi connectivity index (χ4n) is 2.10. The van der Waals surface area contributed by atoms with Crippen LogP contribution in [0.1, 0.15) is 11.1 Å². The van der Waals surface area contributed by atoms with Crippen molar-refractivity contribution >= 4 is 28.4 Å². The maximum Gasteiger partial charge on any atom is 0.227 e. The van der Waals surface area contributed by atoms with Crippen LogP contribution < -0.4 is 5.73 Å². The first-order valence-corrected chi connectivity index (χ1v) is 6.36. The number of benzene rings is 2. The van der Waals surface area contributed by atoms with Crippen molar-refractivity contribution in [2.24, 2.45) is 0 Å². The topological polar surface area (TPSA) is 52.0 Å². The summed E-state index contributed by atoms with van der Waals surface area (Å²) in [5.74, 6) is 0.587. The number of fused-ring (bicyclic) bond motifs is 1. The zero-order valence-corrected chi connectivity index (χ0v) is 11.5. The van der Waals surface area contributed by atoms with Crippen LogP contribution in [0.5, 0.6) is 0 Å². The van der Waals surface area contributed by atoms with Gasteiger partial charge in [-0.15, -0.1) is 0 Å². The lowest BCUT2D eigenvalue weighted by molar-refractivity contribution is 0.617. The number of aromatic nitrogens is 1. The van der Waals surface area contributed by atoms with E-state index in [2.05, 4.69) is 4.98 Å².